The molecule has 0 atom stereocenters. The fourth-order valence-electron chi connectivity index (χ4n) is 1.34. The smallest absolute Gasteiger partial charge is 0.323 e. The van der Waals surface area contributed by atoms with Crippen molar-refractivity contribution < 1.29 is 29.0 Å². The van der Waals surface area contributed by atoms with Crippen LogP contribution in [0.25, 0.3) is 0 Å². The van der Waals surface area contributed by atoms with Gasteiger partial charge in [-0.2, -0.15) is 0 Å². The SMILES string of the molecule is O=C(O)CN(CC(=O)O)C(=O)c1ccc(Cl)c(F)c1. The number of benzene rings is 1. The Morgan fingerprint density at radius 3 is 2.11 bits per heavy atom. The Morgan fingerprint density at radius 2 is 1.68 bits per heavy atom. The number of rotatable bonds is 5. The zero-order chi connectivity index (χ0) is 14.6. The highest BCUT2D eigenvalue weighted by molar-refractivity contribution is 6.30. The van der Waals surface area contributed by atoms with Crippen LogP contribution in [0.1, 0.15) is 10.4 Å². The summed E-state index contributed by atoms with van der Waals surface area (Å²) in [6, 6.07) is 3.13. The van der Waals surface area contributed by atoms with Crippen molar-refractivity contribution in [3.8, 4) is 0 Å². The number of carboxylic acid groups (broad SMARTS) is 2. The fraction of sp³-hybridized carbons (Fsp3) is 0.182. The number of carbonyl (C=O) groups is 3. The molecule has 102 valence electrons. The van der Waals surface area contributed by atoms with Crippen molar-refractivity contribution in [1.82, 2.24) is 4.90 Å². The first kappa shape index (κ1) is 14.9. The van der Waals surface area contributed by atoms with E-state index in [9.17, 15) is 18.8 Å². The molecule has 0 unspecified atom stereocenters. The van der Waals surface area contributed by atoms with Gasteiger partial charge in [0.25, 0.3) is 5.91 Å². The van der Waals surface area contributed by atoms with Crippen LogP contribution in [-0.4, -0.2) is 46.0 Å². The average molecular weight is 290 g/mol. The lowest BCUT2D eigenvalue weighted by molar-refractivity contribution is -0.140. The van der Waals surface area contributed by atoms with Crippen molar-refractivity contribution in [3.05, 3.63) is 34.6 Å². The molecule has 2 N–H and O–H groups in total. The summed E-state index contributed by atoms with van der Waals surface area (Å²) >= 11 is 5.45. The molecule has 1 rings (SSSR count). The maximum absolute atomic E-state index is 13.2. The summed E-state index contributed by atoms with van der Waals surface area (Å²) in [5.41, 5.74) is -0.176. The van der Waals surface area contributed by atoms with Gasteiger partial charge >= 0.3 is 11.9 Å². The standard InChI is InChI=1S/C11H9ClFNO5/c12-7-2-1-6(3-8(7)13)11(19)14(4-9(15)16)5-10(17)18/h1-3H,4-5H2,(H,15,16)(H,17,18). The zero-order valence-corrected chi connectivity index (χ0v) is 10.2. The van der Waals surface area contributed by atoms with E-state index >= 15 is 0 Å². The first-order valence-corrected chi connectivity index (χ1v) is 5.37. The first-order chi connectivity index (χ1) is 8.81. The van der Waals surface area contributed by atoms with Gasteiger partial charge in [0.05, 0.1) is 5.02 Å². The molecule has 0 aromatic heterocycles. The van der Waals surface area contributed by atoms with Crippen molar-refractivity contribution in [2.24, 2.45) is 0 Å². The van der Waals surface area contributed by atoms with Crippen LogP contribution in [0.4, 0.5) is 4.39 Å². The largest absolute Gasteiger partial charge is 0.480 e. The zero-order valence-electron chi connectivity index (χ0n) is 9.47. The van der Waals surface area contributed by atoms with Gasteiger partial charge in [0.1, 0.15) is 18.9 Å². The third-order valence-corrected chi connectivity index (χ3v) is 2.41. The second-order valence-corrected chi connectivity index (χ2v) is 3.98. The minimum atomic E-state index is -1.37. The van der Waals surface area contributed by atoms with E-state index in [2.05, 4.69) is 0 Å². The summed E-state index contributed by atoms with van der Waals surface area (Å²) in [6.07, 6.45) is 0. The Kier molecular flexibility index (Phi) is 4.82. The number of hydrogen-bond acceptors (Lipinski definition) is 3. The lowest BCUT2D eigenvalue weighted by atomic mass is 10.2. The van der Waals surface area contributed by atoms with Gasteiger partial charge in [0, 0.05) is 5.56 Å². The number of halogens is 2. The molecule has 0 saturated carbocycles. The van der Waals surface area contributed by atoms with Crippen molar-refractivity contribution in [3.63, 3.8) is 0 Å². The Morgan fingerprint density at radius 1 is 1.16 bits per heavy atom. The van der Waals surface area contributed by atoms with Gasteiger partial charge in [-0.15, -0.1) is 0 Å². The molecule has 1 aromatic carbocycles. The molecular formula is C11H9ClFNO5. The van der Waals surface area contributed by atoms with E-state index in [1.807, 2.05) is 0 Å². The van der Waals surface area contributed by atoms with Crippen molar-refractivity contribution in [1.29, 1.82) is 0 Å². The Balaban J connectivity index is 3.00. The fourth-order valence-corrected chi connectivity index (χ4v) is 1.46. The maximum atomic E-state index is 13.2. The number of carbonyl (C=O) groups excluding carboxylic acids is 1. The summed E-state index contributed by atoms with van der Waals surface area (Å²) in [5.74, 6) is -4.49. The molecule has 0 saturated heterocycles. The number of carboxylic acids is 2. The number of aliphatic carboxylic acids is 2. The second kappa shape index (κ2) is 6.14. The van der Waals surface area contributed by atoms with Crippen LogP contribution in [-0.2, 0) is 9.59 Å². The van der Waals surface area contributed by atoms with Crippen molar-refractivity contribution in [2.75, 3.05) is 13.1 Å². The quantitative estimate of drug-likeness (QED) is 0.846. The molecular weight excluding hydrogens is 281 g/mol. The Bertz CT molecular complexity index is 518. The number of amides is 1. The Hall–Kier alpha value is -2.15. The van der Waals surface area contributed by atoms with E-state index in [4.69, 9.17) is 21.8 Å². The van der Waals surface area contributed by atoms with Gasteiger partial charge < -0.3 is 15.1 Å². The summed E-state index contributed by atoms with van der Waals surface area (Å²) in [6.45, 7) is -1.59. The normalized spacial score (nSPS) is 10.0. The molecule has 0 heterocycles. The van der Waals surface area contributed by atoms with Gasteiger partial charge in [-0.25, -0.2) is 4.39 Å². The first-order valence-electron chi connectivity index (χ1n) is 4.99. The molecule has 19 heavy (non-hydrogen) atoms. The molecule has 0 aliphatic rings. The highest BCUT2D eigenvalue weighted by Crippen LogP contribution is 2.16. The predicted molar refractivity (Wildman–Crippen MR) is 62.6 cm³/mol. The topological polar surface area (TPSA) is 94.9 Å². The van der Waals surface area contributed by atoms with Crippen LogP contribution < -0.4 is 0 Å². The predicted octanol–water partition coefficient (Wildman–Crippen LogP) is 1.09. The average Bonchev–Trinajstić information content (AvgIpc) is 2.29. The molecule has 8 heteroatoms. The Labute approximate surface area is 112 Å². The molecule has 0 spiro atoms. The lowest BCUT2D eigenvalue weighted by Gasteiger charge is -2.18. The lowest BCUT2D eigenvalue weighted by Crippen LogP contribution is -2.39. The molecule has 0 aliphatic carbocycles. The summed E-state index contributed by atoms with van der Waals surface area (Å²) < 4.78 is 13.2. The van der Waals surface area contributed by atoms with Crippen LogP contribution in [0.3, 0.4) is 0 Å². The molecule has 1 amide bonds. The molecule has 0 radical (unpaired) electrons. The second-order valence-electron chi connectivity index (χ2n) is 3.58. The van der Waals surface area contributed by atoms with E-state index in [0.717, 1.165) is 12.1 Å². The van der Waals surface area contributed by atoms with Crippen LogP contribution in [0.2, 0.25) is 5.02 Å². The van der Waals surface area contributed by atoms with Gasteiger partial charge in [0.2, 0.25) is 0 Å². The van der Waals surface area contributed by atoms with Gasteiger partial charge in [-0.05, 0) is 18.2 Å². The van der Waals surface area contributed by atoms with E-state index < -0.39 is 36.8 Å². The molecule has 1 aromatic rings. The maximum Gasteiger partial charge on any atom is 0.323 e. The van der Waals surface area contributed by atoms with E-state index in [1.54, 1.807) is 0 Å². The summed E-state index contributed by atoms with van der Waals surface area (Å²) in [5, 5.41) is 17.0. The van der Waals surface area contributed by atoms with Crippen molar-refractivity contribution in [2.45, 2.75) is 0 Å². The molecule has 0 aliphatic heterocycles. The van der Waals surface area contributed by atoms with Crippen LogP contribution in [0, 0.1) is 5.82 Å². The van der Waals surface area contributed by atoms with Gasteiger partial charge in [0.15, 0.2) is 0 Å². The molecule has 0 fully saturated rings. The van der Waals surface area contributed by atoms with E-state index in [1.165, 1.54) is 6.07 Å². The van der Waals surface area contributed by atoms with Gasteiger partial charge in [-0.1, -0.05) is 11.6 Å². The monoisotopic (exact) mass is 289 g/mol. The van der Waals surface area contributed by atoms with Crippen LogP contribution in [0.15, 0.2) is 18.2 Å². The summed E-state index contributed by atoms with van der Waals surface area (Å²) in [7, 11) is 0. The minimum Gasteiger partial charge on any atom is -0.480 e. The van der Waals surface area contributed by atoms with Crippen LogP contribution >= 0.6 is 11.6 Å². The van der Waals surface area contributed by atoms with Crippen molar-refractivity contribution >= 4 is 29.4 Å². The van der Waals surface area contributed by atoms with E-state index in [-0.39, 0.29) is 10.6 Å². The number of hydrogen-bond donors (Lipinski definition) is 2. The highest BCUT2D eigenvalue weighted by atomic mass is 35.5. The highest BCUT2D eigenvalue weighted by Gasteiger charge is 2.21. The van der Waals surface area contributed by atoms with Gasteiger partial charge in [-0.3, -0.25) is 14.4 Å². The third-order valence-electron chi connectivity index (χ3n) is 2.11. The van der Waals surface area contributed by atoms with Crippen LogP contribution in [0.5, 0.6) is 0 Å². The third kappa shape index (κ3) is 4.22. The minimum absolute atomic E-state index is 0.176. The van der Waals surface area contributed by atoms with E-state index in [0.29, 0.717) is 4.90 Å². The molecule has 0 bridgehead atoms. The molecule has 6 nitrogen and oxygen atoms in total. The number of nitrogens with zero attached hydrogens (tertiary/aromatic N) is 1. The summed E-state index contributed by atoms with van der Waals surface area (Å²) in [4.78, 5) is 33.6.